The Labute approximate surface area is 206 Å². The standard InChI is InChI=1S/C27H31N3O4S/c1-3-24(31)18-29-35(32,33)27(17-28)19(2)25-11-12-26(34-25)22-8-7-21-16-23(10-9-20(21)15-22)30-13-5-4-6-14-30/h7-12,15-16,24,29,31H,3-6,13-14,18H2,1-2H3/b27-19+. The predicted octanol–water partition coefficient (Wildman–Crippen LogP) is 5.03. The molecule has 2 heterocycles. The molecule has 2 aromatic carbocycles. The van der Waals surface area contributed by atoms with E-state index in [2.05, 4.69) is 33.9 Å². The SMILES string of the molecule is CCC(O)CNS(=O)(=O)/C(C#N)=C(\C)c1ccc(-c2ccc3cc(N4CCCCC4)ccc3c2)o1. The number of benzene rings is 2. The van der Waals surface area contributed by atoms with Gasteiger partial charge in [0.2, 0.25) is 0 Å². The monoisotopic (exact) mass is 493 g/mol. The van der Waals surface area contributed by atoms with E-state index in [0.29, 0.717) is 17.9 Å². The molecule has 1 aliphatic heterocycles. The second-order valence-corrected chi connectivity index (χ2v) is 10.6. The number of hydrogen-bond donors (Lipinski definition) is 2. The number of aliphatic hydroxyl groups excluding tert-OH is 1. The first kappa shape index (κ1) is 25.0. The van der Waals surface area contributed by atoms with Crippen LogP contribution in [0.2, 0.25) is 0 Å². The molecule has 0 aliphatic carbocycles. The van der Waals surface area contributed by atoms with Crippen molar-refractivity contribution in [2.45, 2.75) is 45.6 Å². The molecular weight excluding hydrogens is 462 g/mol. The number of aliphatic hydroxyl groups is 1. The van der Waals surface area contributed by atoms with Crippen LogP contribution in [0.15, 0.2) is 57.9 Å². The van der Waals surface area contributed by atoms with Crippen LogP contribution in [0, 0.1) is 11.3 Å². The molecule has 0 radical (unpaired) electrons. The summed E-state index contributed by atoms with van der Waals surface area (Å²) in [5, 5.41) is 21.5. The molecule has 0 amide bonds. The molecule has 0 bridgehead atoms. The number of nitriles is 1. The van der Waals surface area contributed by atoms with Crippen molar-refractivity contribution in [2.24, 2.45) is 0 Å². The van der Waals surface area contributed by atoms with E-state index in [4.69, 9.17) is 4.42 Å². The number of nitrogens with zero attached hydrogens (tertiary/aromatic N) is 2. The Morgan fingerprint density at radius 1 is 1.11 bits per heavy atom. The van der Waals surface area contributed by atoms with E-state index in [1.54, 1.807) is 32.0 Å². The highest BCUT2D eigenvalue weighted by Gasteiger charge is 2.23. The Bertz CT molecular complexity index is 1380. The number of anilines is 1. The van der Waals surface area contributed by atoms with Crippen LogP contribution in [0.25, 0.3) is 27.7 Å². The van der Waals surface area contributed by atoms with Crippen molar-refractivity contribution in [1.29, 1.82) is 5.26 Å². The van der Waals surface area contributed by atoms with E-state index in [1.165, 1.54) is 24.9 Å². The van der Waals surface area contributed by atoms with Crippen molar-refractivity contribution in [3.05, 3.63) is 59.2 Å². The van der Waals surface area contributed by atoms with Gasteiger partial charge in [-0.25, -0.2) is 13.1 Å². The molecule has 1 aromatic heterocycles. The summed E-state index contributed by atoms with van der Waals surface area (Å²) in [6, 6.07) is 17.8. The summed E-state index contributed by atoms with van der Waals surface area (Å²) in [5.41, 5.74) is 2.33. The Morgan fingerprint density at radius 3 is 2.54 bits per heavy atom. The Balaban J connectivity index is 1.59. The summed E-state index contributed by atoms with van der Waals surface area (Å²) in [5.74, 6) is 0.893. The second kappa shape index (κ2) is 10.6. The van der Waals surface area contributed by atoms with Gasteiger partial charge >= 0.3 is 0 Å². The quantitative estimate of drug-likeness (QED) is 0.426. The summed E-state index contributed by atoms with van der Waals surface area (Å²) in [7, 11) is -4.08. The lowest BCUT2D eigenvalue weighted by molar-refractivity contribution is 0.174. The Kier molecular flexibility index (Phi) is 7.60. The third kappa shape index (κ3) is 5.59. The maximum absolute atomic E-state index is 12.6. The average molecular weight is 494 g/mol. The minimum absolute atomic E-state index is 0.155. The van der Waals surface area contributed by atoms with Gasteiger partial charge < -0.3 is 14.4 Å². The number of furan rings is 1. The van der Waals surface area contributed by atoms with E-state index in [-0.39, 0.29) is 12.1 Å². The van der Waals surface area contributed by atoms with Gasteiger partial charge in [0.25, 0.3) is 10.0 Å². The topological polar surface area (TPSA) is 107 Å². The van der Waals surface area contributed by atoms with E-state index >= 15 is 0 Å². The molecule has 0 spiro atoms. The van der Waals surface area contributed by atoms with E-state index < -0.39 is 21.0 Å². The Hall–Kier alpha value is -3.12. The lowest BCUT2D eigenvalue weighted by atomic mass is 10.0. The maximum Gasteiger partial charge on any atom is 0.251 e. The Morgan fingerprint density at radius 2 is 1.83 bits per heavy atom. The van der Waals surface area contributed by atoms with E-state index in [1.807, 2.05) is 12.1 Å². The van der Waals surface area contributed by atoms with Gasteiger partial charge in [0.05, 0.1) is 6.10 Å². The number of fused-ring (bicyclic) bond motifs is 1. The van der Waals surface area contributed by atoms with Crippen molar-refractivity contribution >= 4 is 32.1 Å². The molecule has 3 aromatic rings. The third-order valence-electron chi connectivity index (χ3n) is 6.50. The fraction of sp³-hybridized carbons (Fsp3) is 0.370. The van der Waals surface area contributed by atoms with Crippen molar-refractivity contribution in [1.82, 2.24) is 4.72 Å². The molecule has 1 saturated heterocycles. The zero-order valence-corrected chi connectivity index (χ0v) is 20.9. The van der Waals surface area contributed by atoms with Crippen LogP contribution in [0.1, 0.15) is 45.3 Å². The smallest absolute Gasteiger partial charge is 0.251 e. The van der Waals surface area contributed by atoms with E-state index in [9.17, 15) is 18.8 Å². The first-order valence-corrected chi connectivity index (χ1v) is 13.5. The zero-order valence-electron chi connectivity index (χ0n) is 20.1. The summed E-state index contributed by atoms with van der Waals surface area (Å²) < 4.78 is 33.5. The molecule has 4 rings (SSSR count). The number of rotatable bonds is 8. The minimum Gasteiger partial charge on any atom is -0.456 e. The molecule has 0 saturated carbocycles. The summed E-state index contributed by atoms with van der Waals surface area (Å²) in [6.45, 7) is 5.33. The molecule has 8 heteroatoms. The average Bonchev–Trinajstić information content (AvgIpc) is 3.38. The molecular formula is C27H31N3O4S. The molecule has 1 aliphatic rings. The minimum atomic E-state index is -4.08. The number of sulfonamides is 1. The van der Waals surface area contributed by atoms with Gasteiger partial charge in [-0.2, -0.15) is 5.26 Å². The summed E-state index contributed by atoms with van der Waals surface area (Å²) >= 11 is 0. The van der Waals surface area contributed by atoms with Crippen LogP contribution in [-0.2, 0) is 10.0 Å². The van der Waals surface area contributed by atoms with Gasteiger partial charge in [-0.15, -0.1) is 0 Å². The van der Waals surface area contributed by atoms with Gasteiger partial charge in [-0.1, -0.05) is 25.1 Å². The van der Waals surface area contributed by atoms with E-state index in [0.717, 1.165) is 29.4 Å². The molecule has 1 unspecified atom stereocenters. The van der Waals surface area contributed by atoms with Crippen LogP contribution in [0.3, 0.4) is 0 Å². The van der Waals surface area contributed by atoms with Gasteiger partial charge in [0.1, 0.15) is 17.6 Å². The van der Waals surface area contributed by atoms with Crippen LogP contribution in [0.5, 0.6) is 0 Å². The maximum atomic E-state index is 12.6. The van der Waals surface area contributed by atoms with Crippen molar-refractivity contribution in [3.8, 4) is 17.4 Å². The first-order valence-electron chi connectivity index (χ1n) is 12.0. The largest absolute Gasteiger partial charge is 0.456 e. The highest BCUT2D eigenvalue weighted by atomic mass is 32.2. The number of piperidine rings is 1. The van der Waals surface area contributed by atoms with Crippen LogP contribution < -0.4 is 9.62 Å². The number of hydrogen-bond acceptors (Lipinski definition) is 6. The molecule has 7 nitrogen and oxygen atoms in total. The fourth-order valence-corrected chi connectivity index (χ4v) is 5.49. The fourth-order valence-electron chi connectivity index (χ4n) is 4.31. The van der Waals surface area contributed by atoms with Crippen molar-refractivity contribution < 1.29 is 17.9 Å². The molecule has 2 N–H and O–H groups in total. The van der Waals surface area contributed by atoms with Crippen molar-refractivity contribution in [2.75, 3.05) is 24.5 Å². The highest BCUT2D eigenvalue weighted by Crippen LogP contribution is 2.32. The third-order valence-corrected chi connectivity index (χ3v) is 7.98. The molecule has 35 heavy (non-hydrogen) atoms. The summed E-state index contributed by atoms with van der Waals surface area (Å²) in [4.78, 5) is 2.01. The first-order chi connectivity index (χ1) is 16.8. The van der Waals surface area contributed by atoms with Gasteiger partial charge in [-0.05, 0) is 73.7 Å². The number of allylic oxidation sites excluding steroid dienone is 2. The highest BCUT2D eigenvalue weighted by molar-refractivity contribution is 7.93. The molecule has 1 atom stereocenters. The van der Waals surface area contributed by atoms with Gasteiger partial charge in [0.15, 0.2) is 4.91 Å². The van der Waals surface area contributed by atoms with Crippen LogP contribution in [0.4, 0.5) is 5.69 Å². The normalized spacial score (nSPS) is 16.1. The van der Waals surface area contributed by atoms with Crippen LogP contribution >= 0.6 is 0 Å². The second-order valence-electron chi connectivity index (χ2n) is 8.94. The van der Waals surface area contributed by atoms with Crippen LogP contribution in [-0.4, -0.2) is 39.3 Å². The van der Waals surface area contributed by atoms with Gasteiger partial charge in [-0.3, -0.25) is 0 Å². The summed E-state index contributed by atoms with van der Waals surface area (Å²) in [6.07, 6.45) is 3.35. The van der Waals surface area contributed by atoms with Gasteiger partial charge in [0, 0.05) is 36.5 Å². The lowest BCUT2D eigenvalue weighted by Gasteiger charge is -2.29. The van der Waals surface area contributed by atoms with Crippen molar-refractivity contribution in [3.63, 3.8) is 0 Å². The molecule has 1 fully saturated rings. The predicted molar refractivity (Wildman–Crippen MR) is 139 cm³/mol. The lowest BCUT2D eigenvalue weighted by Crippen LogP contribution is -2.32. The zero-order chi connectivity index (χ0) is 25.0. The molecule has 184 valence electrons. The number of nitrogens with one attached hydrogen (secondary N) is 1.